The largest absolute Gasteiger partial charge is 0.494 e. The number of benzene rings is 1. The van der Waals surface area contributed by atoms with Gasteiger partial charge < -0.3 is 14.6 Å². The highest BCUT2D eigenvalue weighted by molar-refractivity contribution is 5.38. The van der Waals surface area contributed by atoms with Gasteiger partial charge in [0, 0.05) is 25.7 Å². The number of rotatable bonds is 7. The molecular formula is C15H20O3. The molecule has 1 N–H and O–H groups in total. The Labute approximate surface area is 109 Å². The third-order valence-electron chi connectivity index (χ3n) is 2.34. The summed E-state index contributed by atoms with van der Waals surface area (Å²) in [5, 5.41) is 8.62. The van der Waals surface area contributed by atoms with Crippen LogP contribution in [0.5, 0.6) is 5.75 Å². The summed E-state index contributed by atoms with van der Waals surface area (Å²) in [6, 6.07) is 7.68. The predicted molar refractivity (Wildman–Crippen MR) is 71.6 cm³/mol. The maximum absolute atomic E-state index is 8.62. The Hall–Kier alpha value is -1.50. The van der Waals surface area contributed by atoms with Gasteiger partial charge in [0.1, 0.15) is 5.75 Å². The second-order valence-corrected chi connectivity index (χ2v) is 3.85. The second kappa shape index (κ2) is 9.52. The van der Waals surface area contributed by atoms with Gasteiger partial charge in [0.05, 0.1) is 13.2 Å². The van der Waals surface area contributed by atoms with E-state index in [1.807, 2.05) is 24.3 Å². The van der Waals surface area contributed by atoms with Crippen LogP contribution < -0.4 is 4.74 Å². The van der Waals surface area contributed by atoms with Crippen molar-refractivity contribution >= 4 is 0 Å². The molecule has 18 heavy (non-hydrogen) atoms. The molecule has 0 aliphatic carbocycles. The number of hydrogen-bond acceptors (Lipinski definition) is 3. The highest BCUT2D eigenvalue weighted by atomic mass is 16.5. The topological polar surface area (TPSA) is 38.7 Å². The van der Waals surface area contributed by atoms with Gasteiger partial charge in [0.2, 0.25) is 0 Å². The van der Waals surface area contributed by atoms with Crippen molar-refractivity contribution in [3.63, 3.8) is 0 Å². The van der Waals surface area contributed by atoms with E-state index in [-0.39, 0.29) is 6.61 Å². The number of ether oxygens (including phenoxy) is 2. The Bertz CT molecular complexity index is 373. The van der Waals surface area contributed by atoms with Gasteiger partial charge in [-0.1, -0.05) is 11.8 Å². The van der Waals surface area contributed by atoms with Crippen molar-refractivity contribution in [3.05, 3.63) is 29.8 Å². The third-order valence-corrected chi connectivity index (χ3v) is 2.34. The van der Waals surface area contributed by atoms with Crippen molar-refractivity contribution in [1.82, 2.24) is 0 Å². The van der Waals surface area contributed by atoms with Crippen LogP contribution in [0.1, 0.15) is 24.8 Å². The highest BCUT2D eigenvalue weighted by Gasteiger charge is 1.94. The lowest BCUT2D eigenvalue weighted by Crippen LogP contribution is -1.99. The quantitative estimate of drug-likeness (QED) is 0.594. The number of methoxy groups -OCH3 is 1. The standard InChI is InChI=1S/C15H20O3/c1-17-12-4-5-13-18-15-9-7-14(8-10-15)6-2-3-11-16/h7-10,16H,3-5,11-13H2,1H3. The van der Waals surface area contributed by atoms with Crippen LogP contribution >= 0.6 is 0 Å². The molecule has 1 rings (SSSR count). The van der Waals surface area contributed by atoms with Crippen molar-refractivity contribution in [3.8, 4) is 17.6 Å². The average molecular weight is 248 g/mol. The van der Waals surface area contributed by atoms with Gasteiger partial charge >= 0.3 is 0 Å². The monoisotopic (exact) mass is 248 g/mol. The van der Waals surface area contributed by atoms with Crippen LogP contribution in [0.2, 0.25) is 0 Å². The highest BCUT2D eigenvalue weighted by Crippen LogP contribution is 2.12. The Morgan fingerprint density at radius 2 is 1.83 bits per heavy atom. The minimum atomic E-state index is 0.107. The molecule has 1 aromatic carbocycles. The van der Waals surface area contributed by atoms with Crippen LogP contribution in [-0.2, 0) is 4.74 Å². The third kappa shape index (κ3) is 6.29. The summed E-state index contributed by atoms with van der Waals surface area (Å²) in [6.45, 7) is 1.59. The van der Waals surface area contributed by atoms with E-state index >= 15 is 0 Å². The molecule has 0 unspecified atom stereocenters. The van der Waals surface area contributed by atoms with E-state index in [0.717, 1.165) is 30.8 Å². The molecule has 0 fully saturated rings. The van der Waals surface area contributed by atoms with E-state index < -0.39 is 0 Å². The normalized spacial score (nSPS) is 9.67. The summed E-state index contributed by atoms with van der Waals surface area (Å²) in [5.74, 6) is 6.72. The van der Waals surface area contributed by atoms with E-state index in [4.69, 9.17) is 14.6 Å². The zero-order valence-electron chi connectivity index (χ0n) is 10.8. The lowest BCUT2D eigenvalue weighted by atomic mass is 10.2. The predicted octanol–water partition coefficient (Wildman–Crippen LogP) is 2.23. The molecule has 0 bridgehead atoms. The average Bonchev–Trinajstić information content (AvgIpc) is 2.40. The van der Waals surface area contributed by atoms with Crippen LogP contribution in [0.25, 0.3) is 0 Å². The van der Waals surface area contributed by atoms with E-state index in [2.05, 4.69) is 11.8 Å². The molecule has 0 atom stereocenters. The van der Waals surface area contributed by atoms with Gasteiger partial charge in [-0.25, -0.2) is 0 Å². The van der Waals surface area contributed by atoms with Crippen molar-refractivity contribution < 1.29 is 14.6 Å². The second-order valence-electron chi connectivity index (χ2n) is 3.85. The Kier molecular flexibility index (Phi) is 7.70. The Morgan fingerprint density at radius 3 is 2.50 bits per heavy atom. The summed E-state index contributed by atoms with van der Waals surface area (Å²) in [7, 11) is 1.71. The summed E-state index contributed by atoms with van der Waals surface area (Å²) in [4.78, 5) is 0. The smallest absolute Gasteiger partial charge is 0.119 e. The number of aliphatic hydroxyl groups excluding tert-OH is 1. The first kappa shape index (κ1) is 14.6. The van der Waals surface area contributed by atoms with Gasteiger partial charge in [0.25, 0.3) is 0 Å². The molecule has 0 radical (unpaired) electrons. The number of hydrogen-bond donors (Lipinski definition) is 1. The summed E-state index contributed by atoms with van der Waals surface area (Å²) < 4.78 is 10.6. The molecule has 0 heterocycles. The molecule has 0 saturated carbocycles. The molecule has 98 valence electrons. The molecule has 0 aromatic heterocycles. The molecule has 3 heteroatoms. The molecule has 0 saturated heterocycles. The first-order chi connectivity index (χ1) is 8.86. The van der Waals surface area contributed by atoms with E-state index in [0.29, 0.717) is 13.0 Å². The zero-order chi connectivity index (χ0) is 13.1. The van der Waals surface area contributed by atoms with Crippen molar-refractivity contribution in [2.75, 3.05) is 26.9 Å². The molecule has 0 amide bonds. The van der Waals surface area contributed by atoms with E-state index in [1.54, 1.807) is 7.11 Å². The minimum Gasteiger partial charge on any atom is -0.494 e. The SMILES string of the molecule is COCCCCOc1ccc(C#CCCO)cc1. The summed E-state index contributed by atoms with van der Waals surface area (Å²) in [6.07, 6.45) is 2.52. The molecule has 1 aromatic rings. The maximum atomic E-state index is 8.62. The molecule has 0 aliphatic rings. The molecule has 0 spiro atoms. The molecule has 0 aliphatic heterocycles. The molecule has 3 nitrogen and oxygen atoms in total. The van der Waals surface area contributed by atoms with Crippen LogP contribution in [0.3, 0.4) is 0 Å². The van der Waals surface area contributed by atoms with Gasteiger partial charge in [0.15, 0.2) is 0 Å². The van der Waals surface area contributed by atoms with E-state index in [1.165, 1.54) is 0 Å². The minimum absolute atomic E-state index is 0.107. The van der Waals surface area contributed by atoms with Gasteiger partial charge in [-0.15, -0.1) is 0 Å². The summed E-state index contributed by atoms with van der Waals surface area (Å²) >= 11 is 0. The fourth-order valence-corrected chi connectivity index (χ4v) is 1.39. The number of unbranched alkanes of at least 4 members (excludes halogenated alkanes) is 1. The van der Waals surface area contributed by atoms with Gasteiger partial charge in [-0.2, -0.15) is 0 Å². The van der Waals surface area contributed by atoms with Crippen molar-refractivity contribution in [1.29, 1.82) is 0 Å². The molecular weight excluding hydrogens is 228 g/mol. The lowest BCUT2D eigenvalue weighted by molar-refractivity contribution is 0.184. The first-order valence-electron chi connectivity index (χ1n) is 6.18. The van der Waals surface area contributed by atoms with Crippen molar-refractivity contribution in [2.45, 2.75) is 19.3 Å². The fourth-order valence-electron chi connectivity index (χ4n) is 1.39. The maximum Gasteiger partial charge on any atom is 0.119 e. The van der Waals surface area contributed by atoms with Crippen LogP contribution in [0.15, 0.2) is 24.3 Å². The van der Waals surface area contributed by atoms with Crippen LogP contribution in [0.4, 0.5) is 0 Å². The summed E-state index contributed by atoms with van der Waals surface area (Å²) in [5.41, 5.74) is 0.940. The van der Waals surface area contributed by atoms with Crippen molar-refractivity contribution in [2.24, 2.45) is 0 Å². The van der Waals surface area contributed by atoms with Crippen LogP contribution in [0, 0.1) is 11.8 Å². The Morgan fingerprint density at radius 1 is 1.11 bits per heavy atom. The zero-order valence-corrected chi connectivity index (χ0v) is 10.8. The first-order valence-corrected chi connectivity index (χ1v) is 6.18. The fraction of sp³-hybridized carbons (Fsp3) is 0.467. The van der Waals surface area contributed by atoms with Gasteiger partial charge in [-0.3, -0.25) is 0 Å². The van der Waals surface area contributed by atoms with E-state index in [9.17, 15) is 0 Å². The van der Waals surface area contributed by atoms with Crippen LogP contribution in [-0.4, -0.2) is 32.0 Å². The van der Waals surface area contributed by atoms with Gasteiger partial charge in [-0.05, 0) is 37.1 Å². The Balaban J connectivity index is 2.30. The lowest BCUT2D eigenvalue weighted by Gasteiger charge is -2.05. The number of aliphatic hydroxyl groups is 1.